The van der Waals surface area contributed by atoms with Crippen LogP contribution < -0.4 is 5.32 Å². The van der Waals surface area contributed by atoms with E-state index in [9.17, 15) is 13.6 Å². The highest BCUT2D eigenvalue weighted by molar-refractivity contribution is 5.95. The third kappa shape index (κ3) is 4.82. The lowest BCUT2D eigenvalue weighted by atomic mass is 10.0. The molecule has 0 saturated carbocycles. The van der Waals surface area contributed by atoms with Crippen molar-refractivity contribution in [2.24, 2.45) is 0 Å². The van der Waals surface area contributed by atoms with Crippen molar-refractivity contribution in [1.82, 2.24) is 15.2 Å². The normalized spacial score (nSPS) is 16.8. The Balaban J connectivity index is 1.55. The Morgan fingerprint density at radius 1 is 1.28 bits per heavy atom. The van der Waals surface area contributed by atoms with Crippen molar-refractivity contribution >= 4 is 22.9 Å². The van der Waals surface area contributed by atoms with E-state index in [1.807, 2.05) is 30.3 Å². The molecule has 1 aromatic heterocycles. The first-order valence-electron chi connectivity index (χ1n) is 8.44. The van der Waals surface area contributed by atoms with Crippen molar-refractivity contribution in [3.05, 3.63) is 48.2 Å². The second kappa shape index (κ2) is 8.16. The number of alkyl halides is 2. The van der Waals surface area contributed by atoms with Crippen molar-refractivity contribution in [2.45, 2.75) is 25.3 Å². The van der Waals surface area contributed by atoms with Crippen LogP contribution in [-0.4, -0.2) is 47.9 Å². The summed E-state index contributed by atoms with van der Waals surface area (Å²) in [5, 5.41) is 3.95. The average Bonchev–Trinajstić information content (AvgIpc) is 2.61. The number of fused-ring (bicyclic) bond motifs is 1. The Morgan fingerprint density at radius 3 is 2.80 bits per heavy atom. The molecule has 1 aromatic carbocycles. The van der Waals surface area contributed by atoms with Gasteiger partial charge in [0.15, 0.2) is 0 Å². The number of carbonyl (C=O) groups excluding carboxylic acids is 1. The van der Waals surface area contributed by atoms with E-state index < -0.39 is 6.43 Å². The van der Waals surface area contributed by atoms with E-state index in [0.717, 1.165) is 16.5 Å². The third-order valence-electron chi connectivity index (χ3n) is 4.43. The number of nitrogens with zero attached hydrogens (tertiary/aromatic N) is 2. The Morgan fingerprint density at radius 2 is 2.04 bits per heavy atom. The summed E-state index contributed by atoms with van der Waals surface area (Å²) in [6, 6.07) is 9.68. The molecule has 1 aliphatic rings. The van der Waals surface area contributed by atoms with Crippen LogP contribution in [0, 0.1) is 0 Å². The molecule has 1 aliphatic heterocycles. The lowest BCUT2D eigenvalue weighted by Crippen LogP contribution is -2.45. The van der Waals surface area contributed by atoms with Crippen molar-refractivity contribution < 1.29 is 13.6 Å². The number of carbonyl (C=O) groups is 1. The molecule has 0 bridgehead atoms. The highest BCUT2D eigenvalue weighted by atomic mass is 19.3. The van der Waals surface area contributed by atoms with Gasteiger partial charge in [-0.1, -0.05) is 18.2 Å². The fourth-order valence-electron chi connectivity index (χ4n) is 3.13. The van der Waals surface area contributed by atoms with Crippen molar-refractivity contribution in [3.63, 3.8) is 0 Å². The number of benzene rings is 1. The minimum Gasteiger partial charge on any atom is -0.350 e. The first-order valence-corrected chi connectivity index (χ1v) is 8.44. The largest absolute Gasteiger partial charge is 0.350 e. The highest BCUT2D eigenvalue weighted by Crippen LogP contribution is 2.17. The molecule has 4 nitrogen and oxygen atoms in total. The van der Waals surface area contributed by atoms with Gasteiger partial charge in [0.2, 0.25) is 5.91 Å². The zero-order valence-electron chi connectivity index (χ0n) is 13.9. The van der Waals surface area contributed by atoms with Crippen LogP contribution in [0.1, 0.15) is 18.4 Å². The zero-order chi connectivity index (χ0) is 17.6. The quantitative estimate of drug-likeness (QED) is 0.847. The number of hydrogen-bond acceptors (Lipinski definition) is 3. The standard InChI is InChI=1S/C19H21F2N3O/c20-18(21)13-24-11-8-15(9-12-24)23-19(25)6-5-14-7-10-22-17-4-2-1-3-16(14)17/h1-7,10,15,18H,8-9,11-13H2,(H,23,25). The number of pyridine rings is 1. The van der Waals surface area contributed by atoms with Crippen LogP contribution in [0.25, 0.3) is 17.0 Å². The van der Waals surface area contributed by atoms with E-state index in [1.54, 1.807) is 17.2 Å². The number of nitrogens with one attached hydrogen (secondary N) is 1. The van der Waals surface area contributed by atoms with Gasteiger partial charge in [0.05, 0.1) is 12.1 Å². The number of hydrogen-bond donors (Lipinski definition) is 1. The molecule has 0 spiro atoms. The number of amides is 1. The van der Waals surface area contributed by atoms with Crippen LogP contribution in [0.15, 0.2) is 42.6 Å². The van der Waals surface area contributed by atoms with Crippen molar-refractivity contribution in [2.75, 3.05) is 19.6 Å². The summed E-state index contributed by atoms with van der Waals surface area (Å²) in [7, 11) is 0. The van der Waals surface area contributed by atoms with Crippen LogP contribution in [-0.2, 0) is 4.79 Å². The highest BCUT2D eigenvalue weighted by Gasteiger charge is 2.21. The van der Waals surface area contributed by atoms with Crippen LogP contribution >= 0.6 is 0 Å². The van der Waals surface area contributed by atoms with Gasteiger partial charge in [-0.15, -0.1) is 0 Å². The van der Waals surface area contributed by atoms with E-state index >= 15 is 0 Å². The summed E-state index contributed by atoms with van der Waals surface area (Å²) in [6.07, 6.45) is 4.12. The number of halogens is 2. The average molecular weight is 345 g/mol. The summed E-state index contributed by atoms with van der Waals surface area (Å²) >= 11 is 0. The van der Waals surface area contributed by atoms with Gasteiger partial charge in [0.1, 0.15) is 0 Å². The molecule has 132 valence electrons. The van der Waals surface area contributed by atoms with Crippen LogP contribution in [0.3, 0.4) is 0 Å². The summed E-state index contributed by atoms with van der Waals surface area (Å²) in [5.74, 6) is -0.159. The zero-order valence-corrected chi connectivity index (χ0v) is 13.9. The SMILES string of the molecule is O=C(C=Cc1ccnc2ccccc12)NC1CCN(CC(F)F)CC1. The van der Waals surface area contributed by atoms with E-state index in [-0.39, 0.29) is 18.5 Å². The molecule has 2 heterocycles. The molecule has 1 amide bonds. The van der Waals surface area contributed by atoms with E-state index in [1.165, 1.54) is 6.08 Å². The maximum absolute atomic E-state index is 12.4. The van der Waals surface area contributed by atoms with Crippen LogP contribution in [0.2, 0.25) is 0 Å². The van der Waals surface area contributed by atoms with Crippen LogP contribution in [0.5, 0.6) is 0 Å². The molecule has 3 rings (SSSR count). The maximum atomic E-state index is 12.4. The Hall–Kier alpha value is -2.34. The molecule has 0 radical (unpaired) electrons. The molecule has 0 atom stereocenters. The lowest BCUT2D eigenvalue weighted by Gasteiger charge is -2.31. The first kappa shape index (κ1) is 17.5. The minimum atomic E-state index is -2.30. The number of piperidine rings is 1. The molecule has 1 saturated heterocycles. The van der Waals surface area contributed by atoms with Crippen LogP contribution in [0.4, 0.5) is 8.78 Å². The second-order valence-corrected chi connectivity index (χ2v) is 6.23. The van der Waals surface area contributed by atoms with Gasteiger partial charge < -0.3 is 5.32 Å². The molecule has 0 unspecified atom stereocenters. The monoisotopic (exact) mass is 345 g/mol. The number of rotatable bonds is 5. The molecular formula is C19H21F2N3O. The number of likely N-dealkylation sites (tertiary alicyclic amines) is 1. The van der Waals surface area contributed by atoms with Gasteiger partial charge in [-0.25, -0.2) is 8.78 Å². The van der Waals surface area contributed by atoms with Gasteiger partial charge >= 0.3 is 0 Å². The van der Waals surface area contributed by atoms with Gasteiger partial charge in [-0.2, -0.15) is 0 Å². The first-order chi connectivity index (χ1) is 12.1. The molecule has 1 fully saturated rings. The predicted octanol–water partition coefficient (Wildman–Crippen LogP) is 3.09. The Kier molecular flexibility index (Phi) is 5.71. The summed E-state index contributed by atoms with van der Waals surface area (Å²) in [4.78, 5) is 18.2. The number of aromatic nitrogens is 1. The molecule has 0 aliphatic carbocycles. The summed E-state index contributed by atoms with van der Waals surface area (Å²) in [5.41, 5.74) is 1.82. The lowest BCUT2D eigenvalue weighted by molar-refractivity contribution is -0.117. The molecule has 25 heavy (non-hydrogen) atoms. The topological polar surface area (TPSA) is 45.2 Å². The van der Waals surface area contributed by atoms with E-state index in [4.69, 9.17) is 0 Å². The minimum absolute atomic E-state index is 0.0419. The van der Waals surface area contributed by atoms with E-state index in [2.05, 4.69) is 10.3 Å². The summed E-state index contributed by atoms with van der Waals surface area (Å²) < 4.78 is 24.7. The Bertz CT molecular complexity index is 750. The predicted molar refractivity (Wildman–Crippen MR) is 94.4 cm³/mol. The second-order valence-electron chi connectivity index (χ2n) is 6.23. The molecule has 2 aromatic rings. The van der Waals surface area contributed by atoms with Gasteiger partial charge in [-0.05, 0) is 36.6 Å². The maximum Gasteiger partial charge on any atom is 0.251 e. The van der Waals surface area contributed by atoms with Crippen molar-refractivity contribution in [1.29, 1.82) is 0 Å². The Labute approximate surface area is 145 Å². The molecular weight excluding hydrogens is 324 g/mol. The smallest absolute Gasteiger partial charge is 0.251 e. The van der Waals surface area contributed by atoms with Gasteiger partial charge in [0.25, 0.3) is 6.43 Å². The molecule has 1 N–H and O–H groups in total. The fraction of sp³-hybridized carbons (Fsp3) is 0.368. The number of para-hydroxylation sites is 1. The molecule has 6 heteroatoms. The van der Waals surface area contributed by atoms with Gasteiger partial charge in [0, 0.05) is 36.8 Å². The summed E-state index contributed by atoms with van der Waals surface area (Å²) in [6.45, 7) is 0.998. The van der Waals surface area contributed by atoms with Crippen molar-refractivity contribution in [3.8, 4) is 0 Å². The fourth-order valence-corrected chi connectivity index (χ4v) is 3.13. The van der Waals surface area contributed by atoms with E-state index in [0.29, 0.717) is 25.9 Å². The third-order valence-corrected chi connectivity index (χ3v) is 4.43. The van der Waals surface area contributed by atoms with Gasteiger partial charge in [-0.3, -0.25) is 14.7 Å².